The van der Waals surface area contributed by atoms with Crippen LogP contribution in [0.4, 0.5) is 11.4 Å². The van der Waals surface area contributed by atoms with E-state index in [0.717, 1.165) is 11.1 Å². The third kappa shape index (κ3) is 5.32. The van der Waals surface area contributed by atoms with Gasteiger partial charge in [-0.15, -0.1) is 0 Å². The van der Waals surface area contributed by atoms with Crippen LogP contribution in [0.5, 0.6) is 0 Å². The Balaban J connectivity index is 1.85. The number of anilines is 2. The Morgan fingerprint density at radius 2 is 1.68 bits per heavy atom. The highest BCUT2D eigenvalue weighted by Crippen LogP contribution is 2.22. The second-order valence-electron chi connectivity index (χ2n) is 5.47. The lowest BCUT2D eigenvalue weighted by molar-refractivity contribution is -0.136. The lowest BCUT2D eigenvalue weighted by Crippen LogP contribution is -2.39. The van der Waals surface area contributed by atoms with Crippen molar-refractivity contribution in [2.45, 2.75) is 13.8 Å². The van der Waals surface area contributed by atoms with Crippen LogP contribution in [0, 0.1) is 13.8 Å². The summed E-state index contributed by atoms with van der Waals surface area (Å²) in [6, 6.07) is 12.2. The summed E-state index contributed by atoms with van der Waals surface area (Å²) in [6.45, 7) is 3.32. The predicted octanol–water partition coefficient (Wildman–Crippen LogP) is 2.65. The normalized spacial score (nSPS) is 10.0. The van der Waals surface area contributed by atoms with Crippen LogP contribution >= 0.6 is 11.6 Å². The molecule has 0 spiro atoms. The van der Waals surface area contributed by atoms with E-state index in [0.29, 0.717) is 16.4 Å². The third-order valence-corrected chi connectivity index (χ3v) is 3.84. The molecule has 0 atom stereocenters. The average Bonchev–Trinajstić information content (AvgIpc) is 2.57. The predicted molar refractivity (Wildman–Crippen MR) is 97.6 cm³/mol. The zero-order valence-electron chi connectivity index (χ0n) is 13.9. The molecule has 25 heavy (non-hydrogen) atoms. The minimum Gasteiger partial charge on any atom is -0.339 e. The molecule has 0 radical (unpaired) electrons. The molecular weight excluding hydrogens is 342 g/mol. The van der Waals surface area contributed by atoms with Crippen molar-refractivity contribution in [3.8, 4) is 0 Å². The molecule has 0 aliphatic heterocycles. The zero-order valence-corrected chi connectivity index (χ0v) is 14.6. The summed E-state index contributed by atoms with van der Waals surface area (Å²) in [4.78, 5) is 35.5. The minimum atomic E-state index is -0.889. The summed E-state index contributed by atoms with van der Waals surface area (Å²) >= 11 is 5.98. The van der Waals surface area contributed by atoms with Crippen molar-refractivity contribution in [3.63, 3.8) is 0 Å². The van der Waals surface area contributed by atoms with Gasteiger partial charge >= 0.3 is 11.8 Å². The van der Waals surface area contributed by atoms with E-state index in [4.69, 9.17) is 11.6 Å². The molecule has 0 saturated heterocycles. The van der Waals surface area contributed by atoms with Crippen LogP contribution in [0.25, 0.3) is 0 Å². The standard InChI is InChI=1S/C18H18ClN3O3/c1-11-5-3-6-13(9-11)21-18(25)17(24)20-10-16(23)22-15-8-4-7-14(19)12(15)2/h3-9H,10H2,1-2H3,(H,20,24)(H,21,25)(H,22,23). The van der Waals surface area contributed by atoms with Crippen molar-refractivity contribution in [3.05, 3.63) is 58.6 Å². The molecule has 0 unspecified atom stereocenters. The number of nitrogens with one attached hydrogen (secondary N) is 3. The fourth-order valence-electron chi connectivity index (χ4n) is 2.09. The molecule has 2 aromatic rings. The van der Waals surface area contributed by atoms with E-state index in [9.17, 15) is 14.4 Å². The smallest absolute Gasteiger partial charge is 0.313 e. The lowest BCUT2D eigenvalue weighted by Gasteiger charge is -2.10. The minimum absolute atomic E-state index is 0.327. The molecule has 3 N–H and O–H groups in total. The van der Waals surface area contributed by atoms with Crippen molar-refractivity contribution < 1.29 is 14.4 Å². The van der Waals surface area contributed by atoms with Crippen LogP contribution in [-0.4, -0.2) is 24.3 Å². The maximum Gasteiger partial charge on any atom is 0.313 e. The monoisotopic (exact) mass is 359 g/mol. The van der Waals surface area contributed by atoms with Gasteiger partial charge in [-0.25, -0.2) is 0 Å². The van der Waals surface area contributed by atoms with Crippen LogP contribution in [0.2, 0.25) is 5.02 Å². The van der Waals surface area contributed by atoms with Gasteiger partial charge < -0.3 is 16.0 Å². The van der Waals surface area contributed by atoms with Gasteiger partial charge in [0.15, 0.2) is 0 Å². The van der Waals surface area contributed by atoms with Gasteiger partial charge in [0.2, 0.25) is 5.91 Å². The lowest BCUT2D eigenvalue weighted by atomic mass is 10.2. The Morgan fingerprint density at radius 3 is 2.40 bits per heavy atom. The highest BCUT2D eigenvalue weighted by molar-refractivity contribution is 6.40. The Hall–Kier alpha value is -2.86. The summed E-state index contributed by atoms with van der Waals surface area (Å²) in [7, 11) is 0. The Bertz CT molecular complexity index is 821. The van der Waals surface area contributed by atoms with Crippen molar-refractivity contribution in [2.24, 2.45) is 0 Å². The summed E-state index contributed by atoms with van der Waals surface area (Å²) in [5.74, 6) is -2.18. The van der Waals surface area contributed by atoms with Gasteiger partial charge in [-0.1, -0.05) is 29.8 Å². The van der Waals surface area contributed by atoms with Gasteiger partial charge in [0.25, 0.3) is 0 Å². The largest absolute Gasteiger partial charge is 0.339 e. The molecule has 7 heteroatoms. The molecule has 6 nitrogen and oxygen atoms in total. The van der Waals surface area contributed by atoms with Crippen molar-refractivity contribution >= 4 is 40.7 Å². The number of aryl methyl sites for hydroxylation is 1. The number of carbonyl (C=O) groups is 3. The van der Waals surface area contributed by atoms with E-state index in [-0.39, 0.29) is 6.54 Å². The first-order chi connectivity index (χ1) is 11.9. The number of hydrogen-bond donors (Lipinski definition) is 3. The first-order valence-corrected chi connectivity index (χ1v) is 7.95. The molecule has 0 saturated carbocycles. The number of hydrogen-bond acceptors (Lipinski definition) is 3. The molecular formula is C18H18ClN3O3. The van der Waals surface area contributed by atoms with E-state index < -0.39 is 17.7 Å². The van der Waals surface area contributed by atoms with Crippen LogP contribution in [0.3, 0.4) is 0 Å². The van der Waals surface area contributed by atoms with Crippen LogP contribution < -0.4 is 16.0 Å². The zero-order chi connectivity index (χ0) is 18.4. The van der Waals surface area contributed by atoms with E-state index in [1.165, 1.54) is 0 Å². The van der Waals surface area contributed by atoms with E-state index in [2.05, 4.69) is 16.0 Å². The Morgan fingerprint density at radius 1 is 0.960 bits per heavy atom. The second kappa shape index (κ2) is 8.30. The van der Waals surface area contributed by atoms with Crippen molar-refractivity contribution in [1.29, 1.82) is 0 Å². The summed E-state index contributed by atoms with van der Waals surface area (Å²) in [5, 5.41) is 7.91. The van der Waals surface area contributed by atoms with Crippen molar-refractivity contribution in [1.82, 2.24) is 5.32 Å². The van der Waals surface area contributed by atoms with Crippen LogP contribution in [-0.2, 0) is 14.4 Å². The molecule has 2 rings (SSSR count). The van der Waals surface area contributed by atoms with Crippen LogP contribution in [0.1, 0.15) is 11.1 Å². The van der Waals surface area contributed by atoms with Gasteiger partial charge in [0.05, 0.1) is 6.54 Å². The SMILES string of the molecule is Cc1cccc(NC(=O)C(=O)NCC(=O)Nc2cccc(Cl)c2C)c1. The van der Waals surface area contributed by atoms with Gasteiger partial charge in [0.1, 0.15) is 0 Å². The molecule has 2 aromatic carbocycles. The van der Waals surface area contributed by atoms with E-state index in [1.807, 2.05) is 13.0 Å². The van der Waals surface area contributed by atoms with Gasteiger partial charge in [-0.3, -0.25) is 14.4 Å². The van der Waals surface area contributed by atoms with Crippen molar-refractivity contribution in [2.75, 3.05) is 17.2 Å². The number of rotatable bonds is 4. The number of carbonyl (C=O) groups excluding carboxylic acids is 3. The summed E-state index contributed by atoms with van der Waals surface area (Å²) in [6.07, 6.45) is 0. The summed E-state index contributed by atoms with van der Waals surface area (Å²) in [5.41, 5.74) is 2.74. The van der Waals surface area contributed by atoms with Gasteiger partial charge in [-0.05, 0) is 49.2 Å². The number of benzene rings is 2. The molecule has 0 fully saturated rings. The summed E-state index contributed by atoms with van der Waals surface area (Å²) < 4.78 is 0. The molecule has 0 aliphatic carbocycles. The maximum atomic E-state index is 11.9. The molecule has 0 bridgehead atoms. The number of amides is 3. The van der Waals surface area contributed by atoms with Gasteiger partial charge in [-0.2, -0.15) is 0 Å². The number of halogens is 1. The fourth-order valence-corrected chi connectivity index (χ4v) is 2.26. The highest BCUT2D eigenvalue weighted by Gasteiger charge is 2.15. The first-order valence-electron chi connectivity index (χ1n) is 7.57. The molecule has 0 heterocycles. The molecule has 0 aromatic heterocycles. The Labute approximate surface area is 150 Å². The highest BCUT2D eigenvalue weighted by atomic mass is 35.5. The maximum absolute atomic E-state index is 11.9. The third-order valence-electron chi connectivity index (χ3n) is 3.43. The van der Waals surface area contributed by atoms with E-state index in [1.54, 1.807) is 43.3 Å². The Kier molecular flexibility index (Phi) is 6.14. The topological polar surface area (TPSA) is 87.3 Å². The first kappa shape index (κ1) is 18.5. The fraction of sp³-hybridized carbons (Fsp3) is 0.167. The molecule has 0 aliphatic rings. The molecule has 130 valence electrons. The van der Waals surface area contributed by atoms with Gasteiger partial charge in [0, 0.05) is 16.4 Å². The second-order valence-corrected chi connectivity index (χ2v) is 5.87. The quantitative estimate of drug-likeness (QED) is 0.733. The average molecular weight is 360 g/mol. The van der Waals surface area contributed by atoms with Crippen LogP contribution in [0.15, 0.2) is 42.5 Å². The van der Waals surface area contributed by atoms with E-state index >= 15 is 0 Å². The molecule has 3 amide bonds.